The van der Waals surface area contributed by atoms with Crippen LogP contribution in [0.25, 0.3) is 0 Å². The van der Waals surface area contributed by atoms with E-state index in [2.05, 4.69) is 20.7 Å². The van der Waals surface area contributed by atoms with E-state index in [0.717, 1.165) is 9.35 Å². The van der Waals surface area contributed by atoms with Crippen molar-refractivity contribution in [2.75, 3.05) is 7.11 Å². The Morgan fingerprint density at radius 3 is 2.77 bits per heavy atom. The Kier molecular flexibility index (Phi) is 3.47. The van der Waals surface area contributed by atoms with Gasteiger partial charge in [-0.05, 0) is 28.9 Å². The molecular weight excluding hydrogens is 256 g/mol. The van der Waals surface area contributed by atoms with E-state index >= 15 is 0 Å². The highest BCUT2D eigenvalue weighted by molar-refractivity contribution is 9.10. The molecule has 1 unspecified atom stereocenters. The monoisotopic (exact) mass is 264 g/mol. The van der Waals surface area contributed by atoms with Crippen molar-refractivity contribution in [1.82, 2.24) is 0 Å². The summed E-state index contributed by atoms with van der Waals surface area (Å²) >= 11 is 4.67. The lowest BCUT2D eigenvalue weighted by atomic mass is 10.3. The lowest BCUT2D eigenvalue weighted by molar-refractivity contribution is -0.150. The highest BCUT2D eigenvalue weighted by Crippen LogP contribution is 2.30. The Bertz CT molecular complexity index is 302. The molecule has 0 bridgehead atoms. The predicted molar refractivity (Wildman–Crippen MR) is 53.7 cm³/mol. The lowest BCUT2D eigenvalue weighted by Gasteiger charge is -2.04. The number of hydrogen-bond acceptors (Lipinski definition) is 4. The van der Waals surface area contributed by atoms with Gasteiger partial charge in [-0.15, -0.1) is 11.3 Å². The number of aliphatic hydroxyl groups is 1. The Labute approximate surface area is 88.5 Å². The molecule has 0 aromatic carbocycles. The van der Waals surface area contributed by atoms with Crippen LogP contribution in [-0.2, 0) is 9.53 Å². The average molecular weight is 265 g/mol. The maximum atomic E-state index is 11.0. The Morgan fingerprint density at radius 2 is 2.38 bits per heavy atom. The molecule has 0 saturated carbocycles. The van der Waals surface area contributed by atoms with E-state index in [1.807, 2.05) is 6.92 Å². The number of aryl methyl sites for hydroxylation is 1. The fraction of sp³-hybridized carbons (Fsp3) is 0.375. The van der Waals surface area contributed by atoms with Crippen LogP contribution < -0.4 is 0 Å². The summed E-state index contributed by atoms with van der Waals surface area (Å²) in [4.78, 5) is 12.6. The second-order valence-corrected chi connectivity index (χ2v) is 4.62. The van der Waals surface area contributed by atoms with Crippen molar-refractivity contribution in [2.45, 2.75) is 13.0 Å². The topological polar surface area (TPSA) is 46.5 Å². The number of carbonyl (C=O) groups excluding carboxylic acids is 1. The predicted octanol–water partition coefficient (Wildman–Crippen LogP) is 2.03. The number of rotatable bonds is 2. The molecule has 0 saturated heterocycles. The van der Waals surface area contributed by atoms with Crippen molar-refractivity contribution in [2.24, 2.45) is 0 Å². The van der Waals surface area contributed by atoms with Crippen molar-refractivity contribution < 1.29 is 14.6 Å². The van der Waals surface area contributed by atoms with Gasteiger partial charge in [0.05, 0.1) is 7.11 Å². The zero-order valence-electron chi connectivity index (χ0n) is 7.20. The molecule has 5 heteroatoms. The fourth-order valence-electron chi connectivity index (χ4n) is 0.844. The Balaban J connectivity index is 2.89. The van der Waals surface area contributed by atoms with Gasteiger partial charge >= 0.3 is 5.97 Å². The SMILES string of the molecule is COC(=O)C(O)c1cc(Br)c(C)s1. The highest BCUT2D eigenvalue weighted by Gasteiger charge is 2.20. The molecule has 0 amide bonds. The molecule has 13 heavy (non-hydrogen) atoms. The third-order valence-electron chi connectivity index (χ3n) is 1.57. The van der Waals surface area contributed by atoms with E-state index in [9.17, 15) is 9.90 Å². The summed E-state index contributed by atoms with van der Waals surface area (Å²) in [5.74, 6) is -0.631. The summed E-state index contributed by atoms with van der Waals surface area (Å²) in [5, 5.41) is 9.44. The second-order valence-electron chi connectivity index (χ2n) is 2.48. The van der Waals surface area contributed by atoms with Gasteiger partial charge in [-0.25, -0.2) is 4.79 Å². The molecule has 0 aliphatic heterocycles. The van der Waals surface area contributed by atoms with Crippen LogP contribution in [0.2, 0.25) is 0 Å². The van der Waals surface area contributed by atoms with Crippen LogP contribution in [0.5, 0.6) is 0 Å². The maximum absolute atomic E-state index is 11.0. The van der Waals surface area contributed by atoms with Crippen LogP contribution in [0.1, 0.15) is 15.9 Å². The number of halogens is 1. The molecule has 1 atom stereocenters. The zero-order valence-corrected chi connectivity index (χ0v) is 9.61. The van der Waals surface area contributed by atoms with Crippen molar-refractivity contribution in [3.05, 3.63) is 20.3 Å². The van der Waals surface area contributed by atoms with Crippen LogP contribution in [0.3, 0.4) is 0 Å². The average Bonchev–Trinajstić information content (AvgIpc) is 2.44. The number of thiophene rings is 1. The van der Waals surface area contributed by atoms with E-state index < -0.39 is 12.1 Å². The first-order valence-electron chi connectivity index (χ1n) is 3.58. The summed E-state index contributed by atoms with van der Waals surface area (Å²) in [6, 6.07) is 1.72. The molecule has 0 radical (unpaired) electrons. The van der Waals surface area contributed by atoms with Gasteiger partial charge in [0.1, 0.15) is 0 Å². The highest BCUT2D eigenvalue weighted by atomic mass is 79.9. The zero-order chi connectivity index (χ0) is 10.0. The molecule has 0 aliphatic rings. The van der Waals surface area contributed by atoms with Gasteiger partial charge in [0.2, 0.25) is 0 Å². The van der Waals surface area contributed by atoms with Gasteiger partial charge in [0, 0.05) is 14.2 Å². The molecule has 0 fully saturated rings. The number of carbonyl (C=O) groups is 1. The minimum Gasteiger partial charge on any atom is -0.467 e. The molecule has 1 aromatic heterocycles. The Hall–Kier alpha value is -0.390. The fourth-order valence-corrected chi connectivity index (χ4v) is 2.38. The summed E-state index contributed by atoms with van der Waals surface area (Å²) in [6.45, 7) is 1.91. The van der Waals surface area contributed by atoms with E-state index in [1.54, 1.807) is 6.07 Å². The standard InChI is InChI=1S/C8H9BrO3S/c1-4-5(9)3-6(13-4)7(10)8(11)12-2/h3,7,10H,1-2H3. The van der Waals surface area contributed by atoms with E-state index in [1.165, 1.54) is 18.4 Å². The van der Waals surface area contributed by atoms with Crippen molar-refractivity contribution in [3.8, 4) is 0 Å². The number of ether oxygens (including phenoxy) is 1. The van der Waals surface area contributed by atoms with Crippen LogP contribution in [0.15, 0.2) is 10.5 Å². The molecule has 72 valence electrons. The first-order chi connectivity index (χ1) is 6.06. The summed E-state index contributed by atoms with van der Waals surface area (Å²) in [5.41, 5.74) is 0. The summed E-state index contributed by atoms with van der Waals surface area (Å²) < 4.78 is 5.32. The molecule has 1 N–H and O–H groups in total. The van der Waals surface area contributed by atoms with Crippen LogP contribution >= 0.6 is 27.3 Å². The Morgan fingerprint density at radius 1 is 1.77 bits per heavy atom. The quantitative estimate of drug-likeness (QED) is 0.832. The number of esters is 1. The number of hydrogen-bond donors (Lipinski definition) is 1. The number of methoxy groups -OCH3 is 1. The summed E-state index contributed by atoms with van der Waals surface area (Å²) in [7, 11) is 1.25. The molecule has 1 aromatic rings. The van der Waals surface area contributed by atoms with Crippen LogP contribution in [0.4, 0.5) is 0 Å². The molecule has 0 spiro atoms. The van der Waals surface area contributed by atoms with Gasteiger partial charge in [-0.2, -0.15) is 0 Å². The van der Waals surface area contributed by atoms with Crippen molar-refractivity contribution in [1.29, 1.82) is 0 Å². The van der Waals surface area contributed by atoms with Crippen LogP contribution in [0, 0.1) is 6.92 Å². The van der Waals surface area contributed by atoms with Crippen molar-refractivity contribution >= 4 is 33.2 Å². The molecule has 3 nitrogen and oxygen atoms in total. The minimum atomic E-state index is -1.17. The van der Waals surface area contributed by atoms with Crippen molar-refractivity contribution in [3.63, 3.8) is 0 Å². The van der Waals surface area contributed by atoms with E-state index in [0.29, 0.717) is 4.88 Å². The first kappa shape index (κ1) is 10.7. The van der Waals surface area contributed by atoms with Gasteiger partial charge in [-0.1, -0.05) is 0 Å². The molecule has 1 rings (SSSR count). The molecule has 0 aliphatic carbocycles. The molecule has 1 heterocycles. The van der Waals surface area contributed by atoms with Gasteiger partial charge < -0.3 is 9.84 Å². The first-order valence-corrected chi connectivity index (χ1v) is 5.19. The van der Waals surface area contributed by atoms with E-state index in [4.69, 9.17) is 0 Å². The van der Waals surface area contributed by atoms with Gasteiger partial charge in [-0.3, -0.25) is 0 Å². The number of aliphatic hydroxyl groups excluding tert-OH is 1. The maximum Gasteiger partial charge on any atom is 0.340 e. The molecular formula is C8H9BrO3S. The van der Waals surface area contributed by atoms with Gasteiger partial charge in [0.25, 0.3) is 0 Å². The third-order valence-corrected chi connectivity index (χ3v) is 3.76. The third kappa shape index (κ3) is 2.30. The summed E-state index contributed by atoms with van der Waals surface area (Å²) in [6.07, 6.45) is -1.17. The smallest absolute Gasteiger partial charge is 0.340 e. The minimum absolute atomic E-state index is 0.594. The normalized spacial score (nSPS) is 12.6. The van der Waals surface area contributed by atoms with Crippen LogP contribution in [-0.4, -0.2) is 18.2 Å². The lowest BCUT2D eigenvalue weighted by Crippen LogP contribution is -2.11. The second kappa shape index (κ2) is 4.21. The largest absolute Gasteiger partial charge is 0.467 e. The van der Waals surface area contributed by atoms with E-state index in [-0.39, 0.29) is 0 Å². The van der Waals surface area contributed by atoms with Gasteiger partial charge in [0.15, 0.2) is 6.10 Å².